The van der Waals surface area contributed by atoms with Crippen molar-refractivity contribution in [3.63, 3.8) is 0 Å². The van der Waals surface area contributed by atoms with E-state index in [0.717, 1.165) is 5.56 Å². The first kappa shape index (κ1) is 14.5. The first-order chi connectivity index (χ1) is 9.49. The Morgan fingerprint density at radius 3 is 2.60 bits per heavy atom. The Kier molecular flexibility index (Phi) is 4.36. The summed E-state index contributed by atoms with van der Waals surface area (Å²) in [6.45, 7) is 2.26. The van der Waals surface area contributed by atoms with Gasteiger partial charge in [-0.2, -0.15) is 0 Å². The molecular weight excluding hydrogens is 260 g/mol. The molecule has 2 rings (SSSR count). The topological polar surface area (TPSA) is 102 Å². The molecular formula is C14H18N2O4. The normalized spacial score (nSPS) is 23.3. The Labute approximate surface area is 116 Å². The van der Waals surface area contributed by atoms with Gasteiger partial charge in [-0.25, -0.2) is 0 Å². The SMILES string of the molecule is Cc1ccc(C(N)C(=O)NC2COCC2C(=O)O)cc1. The molecule has 20 heavy (non-hydrogen) atoms. The number of nitrogens with one attached hydrogen (secondary N) is 1. The summed E-state index contributed by atoms with van der Waals surface area (Å²) in [7, 11) is 0. The van der Waals surface area contributed by atoms with Crippen molar-refractivity contribution in [2.24, 2.45) is 11.7 Å². The van der Waals surface area contributed by atoms with Gasteiger partial charge in [0, 0.05) is 0 Å². The van der Waals surface area contributed by atoms with Crippen LogP contribution in [0.2, 0.25) is 0 Å². The van der Waals surface area contributed by atoms with Gasteiger partial charge in [-0.1, -0.05) is 29.8 Å². The summed E-state index contributed by atoms with van der Waals surface area (Å²) < 4.78 is 5.10. The fraction of sp³-hybridized carbons (Fsp3) is 0.429. The number of benzene rings is 1. The number of hydrogen-bond acceptors (Lipinski definition) is 4. The fourth-order valence-corrected chi connectivity index (χ4v) is 2.14. The van der Waals surface area contributed by atoms with Gasteiger partial charge in [0.05, 0.1) is 19.3 Å². The van der Waals surface area contributed by atoms with Crippen LogP contribution < -0.4 is 11.1 Å². The number of ether oxygens (including phenoxy) is 1. The summed E-state index contributed by atoms with van der Waals surface area (Å²) in [5.41, 5.74) is 7.66. The van der Waals surface area contributed by atoms with Gasteiger partial charge in [-0.05, 0) is 12.5 Å². The molecule has 3 atom stereocenters. The number of carbonyl (C=O) groups excluding carboxylic acids is 1. The molecule has 1 aliphatic rings. The Balaban J connectivity index is 2.00. The highest BCUT2D eigenvalue weighted by molar-refractivity contribution is 5.84. The van der Waals surface area contributed by atoms with Crippen LogP contribution in [0.5, 0.6) is 0 Å². The standard InChI is InChI=1S/C14H18N2O4/c1-8-2-4-9(5-3-8)12(15)13(17)16-11-7-20-6-10(11)14(18)19/h2-5,10-12H,6-7,15H2,1H3,(H,16,17)(H,18,19). The molecule has 1 aromatic carbocycles. The molecule has 108 valence electrons. The van der Waals surface area contributed by atoms with Gasteiger partial charge in [0.15, 0.2) is 0 Å². The Morgan fingerprint density at radius 1 is 1.35 bits per heavy atom. The molecule has 0 radical (unpaired) electrons. The van der Waals surface area contributed by atoms with Gasteiger partial charge in [-0.15, -0.1) is 0 Å². The van der Waals surface area contributed by atoms with E-state index in [-0.39, 0.29) is 13.2 Å². The van der Waals surface area contributed by atoms with Crippen LogP contribution in [0.25, 0.3) is 0 Å². The van der Waals surface area contributed by atoms with Gasteiger partial charge >= 0.3 is 5.97 Å². The van der Waals surface area contributed by atoms with Crippen molar-refractivity contribution in [3.8, 4) is 0 Å². The van der Waals surface area contributed by atoms with E-state index in [0.29, 0.717) is 5.56 Å². The molecule has 1 amide bonds. The number of hydrogen-bond donors (Lipinski definition) is 3. The van der Waals surface area contributed by atoms with Gasteiger partial charge in [0.1, 0.15) is 12.0 Å². The second-order valence-corrected chi connectivity index (χ2v) is 4.99. The van der Waals surface area contributed by atoms with E-state index < -0.39 is 29.9 Å². The number of carbonyl (C=O) groups is 2. The Bertz CT molecular complexity index is 500. The largest absolute Gasteiger partial charge is 0.481 e. The minimum Gasteiger partial charge on any atom is -0.481 e. The van der Waals surface area contributed by atoms with Crippen LogP contribution in [0.15, 0.2) is 24.3 Å². The minimum atomic E-state index is -0.975. The van der Waals surface area contributed by atoms with Crippen molar-refractivity contribution in [2.45, 2.75) is 19.0 Å². The van der Waals surface area contributed by atoms with Gasteiger partial charge in [0.25, 0.3) is 0 Å². The monoisotopic (exact) mass is 278 g/mol. The van der Waals surface area contributed by atoms with Gasteiger partial charge < -0.3 is 20.9 Å². The van der Waals surface area contributed by atoms with Crippen LogP contribution in [0.1, 0.15) is 17.2 Å². The van der Waals surface area contributed by atoms with Crippen LogP contribution in [-0.2, 0) is 14.3 Å². The summed E-state index contributed by atoms with van der Waals surface area (Å²) in [6, 6.07) is 5.99. The maximum atomic E-state index is 12.1. The number of rotatable bonds is 4. The molecule has 0 bridgehead atoms. The summed E-state index contributed by atoms with van der Waals surface area (Å²) >= 11 is 0. The second-order valence-electron chi connectivity index (χ2n) is 4.99. The highest BCUT2D eigenvalue weighted by Gasteiger charge is 2.35. The average Bonchev–Trinajstić information content (AvgIpc) is 2.87. The lowest BCUT2D eigenvalue weighted by atomic mass is 10.0. The van der Waals surface area contributed by atoms with E-state index in [1.807, 2.05) is 19.1 Å². The van der Waals surface area contributed by atoms with Crippen LogP contribution >= 0.6 is 0 Å². The van der Waals surface area contributed by atoms with Crippen LogP contribution in [-0.4, -0.2) is 36.2 Å². The molecule has 1 aromatic rings. The lowest BCUT2D eigenvalue weighted by Crippen LogP contribution is -2.46. The molecule has 0 spiro atoms. The van der Waals surface area contributed by atoms with Gasteiger partial charge in [0.2, 0.25) is 5.91 Å². The van der Waals surface area contributed by atoms with E-state index in [1.54, 1.807) is 12.1 Å². The molecule has 6 heteroatoms. The summed E-state index contributed by atoms with van der Waals surface area (Å²) in [5, 5.41) is 11.7. The van der Waals surface area contributed by atoms with Crippen molar-refractivity contribution < 1.29 is 19.4 Å². The van der Waals surface area contributed by atoms with Crippen LogP contribution in [0.4, 0.5) is 0 Å². The smallest absolute Gasteiger partial charge is 0.311 e. The highest BCUT2D eigenvalue weighted by Crippen LogP contribution is 2.16. The summed E-state index contributed by atoms with van der Waals surface area (Å²) in [4.78, 5) is 23.1. The zero-order valence-electron chi connectivity index (χ0n) is 11.2. The first-order valence-corrected chi connectivity index (χ1v) is 6.42. The zero-order valence-corrected chi connectivity index (χ0v) is 11.2. The number of amides is 1. The van der Waals surface area contributed by atoms with Crippen molar-refractivity contribution in [2.75, 3.05) is 13.2 Å². The van der Waals surface area contributed by atoms with Crippen LogP contribution in [0, 0.1) is 12.8 Å². The zero-order chi connectivity index (χ0) is 14.7. The first-order valence-electron chi connectivity index (χ1n) is 6.42. The quantitative estimate of drug-likeness (QED) is 0.731. The highest BCUT2D eigenvalue weighted by atomic mass is 16.5. The maximum Gasteiger partial charge on any atom is 0.311 e. The fourth-order valence-electron chi connectivity index (χ4n) is 2.14. The molecule has 0 aliphatic carbocycles. The van der Waals surface area contributed by atoms with Crippen molar-refractivity contribution in [1.82, 2.24) is 5.32 Å². The predicted molar refractivity (Wildman–Crippen MR) is 72.0 cm³/mol. The van der Waals surface area contributed by atoms with Crippen molar-refractivity contribution in [3.05, 3.63) is 35.4 Å². The maximum absolute atomic E-state index is 12.1. The molecule has 4 N–H and O–H groups in total. The Morgan fingerprint density at radius 2 is 2.00 bits per heavy atom. The lowest BCUT2D eigenvalue weighted by molar-refractivity contribution is -0.142. The average molecular weight is 278 g/mol. The molecule has 1 heterocycles. The second kappa shape index (κ2) is 6.02. The van der Waals surface area contributed by atoms with E-state index >= 15 is 0 Å². The van der Waals surface area contributed by atoms with E-state index in [2.05, 4.69) is 5.32 Å². The summed E-state index contributed by atoms with van der Waals surface area (Å²) in [5.74, 6) is -2.09. The third-order valence-corrected chi connectivity index (χ3v) is 3.44. The van der Waals surface area contributed by atoms with Crippen LogP contribution in [0.3, 0.4) is 0 Å². The molecule has 1 fully saturated rings. The minimum absolute atomic E-state index is 0.111. The third-order valence-electron chi connectivity index (χ3n) is 3.44. The lowest BCUT2D eigenvalue weighted by Gasteiger charge is -2.19. The number of carboxylic acid groups (broad SMARTS) is 1. The van der Waals surface area contributed by atoms with E-state index in [9.17, 15) is 9.59 Å². The predicted octanol–water partition coefficient (Wildman–Crippen LogP) is 0.211. The van der Waals surface area contributed by atoms with E-state index in [4.69, 9.17) is 15.6 Å². The van der Waals surface area contributed by atoms with Gasteiger partial charge in [-0.3, -0.25) is 9.59 Å². The van der Waals surface area contributed by atoms with Crippen molar-refractivity contribution >= 4 is 11.9 Å². The van der Waals surface area contributed by atoms with Crippen molar-refractivity contribution in [1.29, 1.82) is 0 Å². The summed E-state index contributed by atoms with van der Waals surface area (Å²) in [6.07, 6.45) is 0. The molecule has 0 aromatic heterocycles. The molecule has 0 saturated carbocycles. The number of carboxylic acids is 1. The third kappa shape index (κ3) is 3.15. The Hall–Kier alpha value is -1.92. The number of aliphatic carboxylic acids is 1. The molecule has 1 aliphatic heterocycles. The molecule has 6 nitrogen and oxygen atoms in total. The van der Waals surface area contributed by atoms with E-state index in [1.165, 1.54) is 0 Å². The molecule has 3 unspecified atom stereocenters. The number of nitrogens with two attached hydrogens (primary N) is 1. The molecule has 1 saturated heterocycles. The number of aryl methyl sites for hydroxylation is 1.